The summed E-state index contributed by atoms with van der Waals surface area (Å²) >= 11 is 1.24. The number of benzene rings is 1. The third kappa shape index (κ3) is 3.28. The zero-order chi connectivity index (χ0) is 17.1. The summed E-state index contributed by atoms with van der Waals surface area (Å²) in [5, 5.41) is 11.3. The van der Waals surface area contributed by atoms with Gasteiger partial charge in [0.2, 0.25) is 11.0 Å². The molecule has 0 radical (unpaired) electrons. The van der Waals surface area contributed by atoms with Gasteiger partial charge in [0, 0.05) is 23.4 Å². The molecule has 0 saturated heterocycles. The van der Waals surface area contributed by atoms with Crippen molar-refractivity contribution in [1.82, 2.24) is 10.2 Å². The zero-order valence-electron chi connectivity index (χ0n) is 13.2. The average Bonchev–Trinajstić information content (AvgIpc) is 3.06. The highest BCUT2D eigenvalue weighted by molar-refractivity contribution is 7.13. The van der Waals surface area contributed by atoms with Crippen LogP contribution in [0.2, 0.25) is 0 Å². The Morgan fingerprint density at radius 2 is 2.25 bits per heavy atom. The van der Waals surface area contributed by atoms with Crippen molar-refractivity contribution in [3.05, 3.63) is 45.3 Å². The minimum absolute atomic E-state index is 0.160. The first-order chi connectivity index (χ1) is 11.6. The lowest BCUT2D eigenvalue weighted by Gasteiger charge is -2.08. The van der Waals surface area contributed by atoms with Crippen LogP contribution in [-0.2, 0) is 11.2 Å². The Kier molecular flexibility index (Phi) is 4.57. The van der Waals surface area contributed by atoms with Crippen LogP contribution in [0.1, 0.15) is 17.5 Å². The van der Waals surface area contributed by atoms with E-state index >= 15 is 0 Å². The van der Waals surface area contributed by atoms with Gasteiger partial charge in [0.25, 0.3) is 0 Å². The Bertz CT molecular complexity index is 934. The number of nitrogens with zero attached hydrogens (tertiary/aromatic N) is 2. The van der Waals surface area contributed by atoms with Crippen molar-refractivity contribution in [2.24, 2.45) is 0 Å². The highest BCUT2D eigenvalue weighted by atomic mass is 32.1. The van der Waals surface area contributed by atoms with Crippen LogP contribution < -0.4 is 15.7 Å². The van der Waals surface area contributed by atoms with Crippen LogP contribution in [0, 0.1) is 6.92 Å². The molecule has 124 valence electrons. The van der Waals surface area contributed by atoms with Gasteiger partial charge < -0.3 is 14.5 Å². The number of nitrogens with one attached hydrogen (secondary N) is 1. The highest BCUT2D eigenvalue weighted by Crippen LogP contribution is 2.24. The van der Waals surface area contributed by atoms with Crippen molar-refractivity contribution < 1.29 is 13.9 Å². The van der Waals surface area contributed by atoms with E-state index in [4.69, 9.17) is 9.15 Å². The number of amides is 1. The van der Waals surface area contributed by atoms with Gasteiger partial charge in [-0.25, -0.2) is 4.79 Å². The first-order valence-corrected chi connectivity index (χ1v) is 8.13. The van der Waals surface area contributed by atoms with Crippen molar-refractivity contribution in [2.45, 2.75) is 19.8 Å². The van der Waals surface area contributed by atoms with Gasteiger partial charge in [-0.05, 0) is 31.0 Å². The lowest BCUT2D eigenvalue weighted by Crippen LogP contribution is -2.16. The van der Waals surface area contributed by atoms with Crippen molar-refractivity contribution >= 4 is 33.3 Å². The fourth-order valence-corrected chi connectivity index (χ4v) is 2.90. The number of carbonyl (C=O) groups is 1. The van der Waals surface area contributed by atoms with Crippen LogP contribution >= 0.6 is 11.3 Å². The van der Waals surface area contributed by atoms with E-state index < -0.39 is 5.63 Å². The monoisotopic (exact) mass is 345 g/mol. The quantitative estimate of drug-likeness (QED) is 0.714. The molecule has 0 aliphatic heterocycles. The molecule has 0 aliphatic carbocycles. The Morgan fingerprint density at radius 3 is 2.96 bits per heavy atom. The number of anilines is 1. The molecule has 0 unspecified atom stereocenters. The van der Waals surface area contributed by atoms with Crippen molar-refractivity contribution in [3.8, 4) is 5.75 Å². The van der Waals surface area contributed by atoms with E-state index in [2.05, 4.69) is 15.5 Å². The standard InChI is InChI=1S/C16H15N3O4S/c1-9-11-4-3-10(22-2)7-13(11)23-15(21)12(9)5-6-14(20)18-16-19-17-8-24-16/h3-4,7-8H,5-6H2,1-2H3,(H,18,19,20). The maximum absolute atomic E-state index is 12.2. The van der Waals surface area contributed by atoms with E-state index in [0.29, 0.717) is 28.4 Å². The Hall–Kier alpha value is -2.74. The Morgan fingerprint density at radius 1 is 1.42 bits per heavy atom. The number of methoxy groups -OCH3 is 1. The molecule has 24 heavy (non-hydrogen) atoms. The zero-order valence-corrected chi connectivity index (χ0v) is 14.0. The molecule has 0 spiro atoms. The molecule has 3 rings (SSSR count). The molecule has 2 heterocycles. The van der Waals surface area contributed by atoms with E-state index in [-0.39, 0.29) is 12.3 Å². The summed E-state index contributed by atoms with van der Waals surface area (Å²) in [6.07, 6.45) is 0.452. The summed E-state index contributed by atoms with van der Waals surface area (Å²) in [4.78, 5) is 24.2. The van der Waals surface area contributed by atoms with Crippen molar-refractivity contribution in [2.75, 3.05) is 12.4 Å². The van der Waals surface area contributed by atoms with Gasteiger partial charge in [0.05, 0.1) is 7.11 Å². The first-order valence-electron chi connectivity index (χ1n) is 7.25. The molecule has 3 aromatic rings. The van der Waals surface area contributed by atoms with Crippen molar-refractivity contribution in [1.29, 1.82) is 0 Å². The molecule has 0 saturated carbocycles. The topological polar surface area (TPSA) is 94.3 Å². The second-order valence-corrected chi connectivity index (χ2v) is 5.98. The van der Waals surface area contributed by atoms with Crippen LogP contribution in [0.25, 0.3) is 11.0 Å². The van der Waals surface area contributed by atoms with Gasteiger partial charge in [-0.1, -0.05) is 11.3 Å². The normalized spacial score (nSPS) is 10.8. The van der Waals surface area contributed by atoms with Gasteiger partial charge >= 0.3 is 5.63 Å². The number of carbonyl (C=O) groups excluding carboxylic acids is 1. The molecule has 0 bridgehead atoms. The third-order valence-electron chi connectivity index (χ3n) is 3.70. The summed E-state index contributed by atoms with van der Waals surface area (Å²) in [5.74, 6) is 0.398. The Balaban J connectivity index is 1.81. The van der Waals surface area contributed by atoms with Crippen LogP contribution in [0.5, 0.6) is 5.75 Å². The molecule has 8 heteroatoms. The smallest absolute Gasteiger partial charge is 0.339 e. The van der Waals surface area contributed by atoms with Crippen LogP contribution in [-0.4, -0.2) is 23.2 Å². The molecule has 0 aliphatic rings. The maximum Gasteiger partial charge on any atom is 0.339 e. The number of aromatic nitrogens is 2. The predicted octanol–water partition coefficient (Wildman–Crippen LogP) is 2.53. The molecule has 0 atom stereocenters. The third-order valence-corrected chi connectivity index (χ3v) is 4.31. The number of rotatable bonds is 5. The van der Waals surface area contributed by atoms with E-state index in [0.717, 1.165) is 10.9 Å². The van der Waals surface area contributed by atoms with Gasteiger partial charge in [0.1, 0.15) is 16.8 Å². The minimum Gasteiger partial charge on any atom is -0.497 e. The summed E-state index contributed by atoms with van der Waals surface area (Å²) in [6.45, 7) is 1.85. The molecule has 7 nitrogen and oxygen atoms in total. The van der Waals surface area contributed by atoms with Gasteiger partial charge in [-0.2, -0.15) is 0 Å². The van der Waals surface area contributed by atoms with Crippen LogP contribution in [0.4, 0.5) is 5.13 Å². The molecular formula is C16H15N3O4S. The minimum atomic E-state index is -0.433. The largest absolute Gasteiger partial charge is 0.497 e. The molecule has 2 aromatic heterocycles. The second kappa shape index (κ2) is 6.79. The molecule has 1 N–H and O–H groups in total. The van der Waals surface area contributed by atoms with Gasteiger partial charge in [-0.3, -0.25) is 4.79 Å². The van der Waals surface area contributed by atoms with E-state index in [1.165, 1.54) is 16.8 Å². The van der Waals surface area contributed by atoms with E-state index in [1.54, 1.807) is 19.2 Å². The first kappa shape index (κ1) is 16.1. The SMILES string of the molecule is COc1ccc2c(C)c(CCC(=O)Nc3nncs3)c(=O)oc2c1. The molecule has 0 fully saturated rings. The van der Waals surface area contributed by atoms with Crippen molar-refractivity contribution in [3.63, 3.8) is 0 Å². The summed E-state index contributed by atoms with van der Waals surface area (Å²) < 4.78 is 10.5. The second-order valence-electron chi connectivity index (χ2n) is 5.15. The summed E-state index contributed by atoms with van der Waals surface area (Å²) in [6, 6.07) is 5.33. The fraction of sp³-hybridized carbons (Fsp3) is 0.250. The van der Waals surface area contributed by atoms with E-state index in [1.807, 2.05) is 13.0 Å². The number of fused-ring (bicyclic) bond motifs is 1. The van der Waals surface area contributed by atoms with Crippen LogP contribution in [0.15, 0.2) is 32.9 Å². The average molecular weight is 345 g/mol. The fourth-order valence-electron chi connectivity index (χ4n) is 2.44. The Labute approximate surface area is 141 Å². The number of hydrogen-bond donors (Lipinski definition) is 1. The predicted molar refractivity (Wildman–Crippen MR) is 90.6 cm³/mol. The lowest BCUT2D eigenvalue weighted by atomic mass is 10.0. The number of ether oxygens (including phenoxy) is 1. The lowest BCUT2D eigenvalue weighted by molar-refractivity contribution is -0.116. The van der Waals surface area contributed by atoms with Gasteiger partial charge in [-0.15, -0.1) is 10.2 Å². The van der Waals surface area contributed by atoms with Gasteiger partial charge in [0.15, 0.2) is 0 Å². The molecule has 1 aromatic carbocycles. The summed E-state index contributed by atoms with van der Waals surface area (Å²) in [7, 11) is 1.55. The molecule has 1 amide bonds. The van der Waals surface area contributed by atoms with Crippen LogP contribution in [0.3, 0.4) is 0 Å². The highest BCUT2D eigenvalue weighted by Gasteiger charge is 2.14. The number of aryl methyl sites for hydroxylation is 1. The number of hydrogen-bond acceptors (Lipinski definition) is 7. The maximum atomic E-state index is 12.2. The molecular weight excluding hydrogens is 330 g/mol. The summed E-state index contributed by atoms with van der Waals surface area (Å²) in [5.41, 5.74) is 2.88. The van der Waals surface area contributed by atoms with E-state index in [9.17, 15) is 9.59 Å².